The van der Waals surface area contributed by atoms with Crippen LogP contribution in [0, 0.1) is 0 Å². The molecule has 0 rings (SSSR count). The van der Waals surface area contributed by atoms with Gasteiger partial charge in [-0.3, -0.25) is 4.90 Å². The Balaban J connectivity index is 0. The summed E-state index contributed by atoms with van der Waals surface area (Å²) in [5.41, 5.74) is 0. The molecule has 0 aromatic rings. The molecule has 0 aromatic carbocycles. The Bertz CT molecular complexity index is 598. The second kappa shape index (κ2) is 49.0. The van der Waals surface area contributed by atoms with Gasteiger partial charge < -0.3 is 9.90 Å². The summed E-state index contributed by atoms with van der Waals surface area (Å²) >= 11 is 0. The van der Waals surface area contributed by atoms with Gasteiger partial charge in [-0.25, -0.2) is 0 Å². The van der Waals surface area contributed by atoms with Gasteiger partial charge >= 0.3 is 18.9 Å². The van der Waals surface area contributed by atoms with Crippen LogP contribution in [0.2, 0.25) is 0 Å². The van der Waals surface area contributed by atoms with Crippen LogP contribution in [0.4, 0.5) is 0 Å². The van der Waals surface area contributed by atoms with E-state index in [1.807, 2.05) is 0 Å². The van der Waals surface area contributed by atoms with E-state index in [9.17, 15) is 9.90 Å². The number of carbonyl (C=O) groups excluding carboxylic acids is 1. The van der Waals surface area contributed by atoms with E-state index in [0.717, 1.165) is 25.9 Å². The molecule has 52 heavy (non-hydrogen) atoms. The van der Waals surface area contributed by atoms with Crippen molar-refractivity contribution in [2.24, 2.45) is 0 Å². The van der Waals surface area contributed by atoms with Crippen molar-refractivity contribution in [2.75, 3.05) is 19.6 Å². The molecule has 306 valence electrons. The van der Waals surface area contributed by atoms with Crippen molar-refractivity contribution < 1.29 is 28.8 Å². The van der Waals surface area contributed by atoms with Crippen LogP contribution >= 0.6 is 0 Å². The molecule has 0 saturated carbocycles. The van der Waals surface area contributed by atoms with Crippen LogP contribution in [0.5, 0.6) is 0 Å². The first-order chi connectivity index (χ1) is 25.2. The molecule has 0 bridgehead atoms. The van der Waals surface area contributed by atoms with Gasteiger partial charge in [0.1, 0.15) is 0 Å². The van der Waals surface area contributed by atoms with Crippen molar-refractivity contribution in [3.05, 3.63) is 0 Å². The van der Waals surface area contributed by atoms with E-state index in [2.05, 4.69) is 18.7 Å². The Morgan fingerprint density at radius 3 is 0.615 bits per heavy atom. The quantitative estimate of drug-likeness (QED) is 0.0463. The number of carboxylic acids is 1. The minimum atomic E-state index is -0.915. The van der Waals surface area contributed by atoms with Gasteiger partial charge in [-0.15, -0.1) is 0 Å². The average molecular weight is 726 g/mol. The fraction of sp³-hybridized carbons (Fsp3) is 0.979. The summed E-state index contributed by atoms with van der Waals surface area (Å²) in [6, 6.07) is 0. The molecule has 0 unspecified atom stereocenters. The molecule has 0 heterocycles. The predicted molar refractivity (Wildman–Crippen MR) is 227 cm³/mol. The number of hydrogen-bond donors (Lipinski definition) is 0. The Labute approximate surface area is 341 Å². The summed E-state index contributed by atoms with van der Waals surface area (Å²) in [6.07, 6.45) is 58.8. The van der Waals surface area contributed by atoms with Crippen LogP contribution < -0.4 is 24.0 Å². The van der Waals surface area contributed by atoms with Gasteiger partial charge in [-0.05, 0) is 25.9 Å². The van der Waals surface area contributed by atoms with Crippen LogP contribution in [0.15, 0.2) is 0 Å². The molecular weight excluding hydrogens is 629 g/mol. The van der Waals surface area contributed by atoms with E-state index >= 15 is 0 Å². The van der Waals surface area contributed by atoms with Crippen molar-refractivity contribution >= 4 is 5.97 Å². The standard InChI is InChI=1S/C48H97NO2.Li/c1-3-5-7-9-11-13-15-17-19-21-23-25-27-29-31-33-35-37-39-41-43-45-49(47-48(50)51)46-44-42-40-38-36-34-32-30-28-26-24-22-20-18-16-14-12-10-8-6-4-2;/h3-47H2,1-2H3,(H,50,51);/q;+1/p-1. The number of rotatable bonds is 46. The minimum Gasteiger partial charge on any atom is -0.549 e. The van der Waals surface area contributed by atoms with Gasteiger partial charge in [0, 0.05) is 6.54 Å². The fourth-order valence-corrected chi connectivity index (χ4v) is 7.99. The first-order valence-corrected chi connectivity index (χ1v) is 24.1. The van der Waals surface area contributed by atoms with Crippen LogP contribution in [0.25, 0.3) is 0 Å². The third-order valence-corrected chi connectivity index (χ3v) is 11.5. The zero-order valence-electron chi connectivity index (χ0n) is 36.6. The van der Waals surface area contributed by atoms with Crippen molar-refractivity contribution in [3.63, 3.8) is 0 Å². The summed E-state index contributed by atoms with van der Waals surface area (Å²) in [5, 5.41) is 11.3. The maximum atomic E-state index is 11.3. The second-order valence-corrected chi connectivity index (χ2v) is 16.8. The number of carbonyl (C=O) groups is 1. The topological polar surface area (TPSA) is 43.4 Å². The van der Waals surface area contributed by atoms with E-state index in [1.54, 1.807) is 0 Å². The van der Waals surface area contributed by atoms with Crippen molar-refractivity contribution in [2.45, 2.75) is 284 Å². The normalized spacial score (nSPS) is 11.4. The number of nitrogens with zero attached hydrogens (tertiary/aromatic N) is 1. The van der Waals surface area contributed by atoms with Crippen molar-refractivity contribution in [1.29, 1.82) is 0 Å². The molecule has 0 aromatic heterocycles. The Morgan fingerprint density at radius 1 is 0.308 bits per heavy atom. The molecule has 0 N–H and O–H groups in total. The first kappa shape index (κ1) is 54.1. The number of carboxylic acid groups (broad SMARTS) is 1. The smallest absolute Gasteiger partial charge is 0.549 e. The summed E-state index contributed by atoms with van der Waals surface area (Å²) in [5.74, 6) is -0.915. The molecule has 3 nitrogen and oxygen atoms in total. The van der Waals surface area contributed by atoms with Gasteiger partial charge in [0.2, 0.25) is 0 Å². The molecule has 0 spiro atoms. The Hall–Kier alpha value is 0.0274. The van der Waals surface area contributed by atoms with Crippen LogP contribution in [0.1, 0.15) is 284 Å². The summed E-state index contributed by atoms with van der Waals surface area (Å²) in [4.78, 5) is 13.4. The van der Waals surface area contributed by atoms with E-state index in [1.165, 1.54) is 257 Å². The zero-order chi connectivity index (χ0) is 37.0. The van der Waals surface area contributed by atoms with Crippen molar-refractivity contribution in [1.82, 2.24) is 4.90 Å². The third kappa shape index (κ3) is 48.0. The minimum absolute atomic E-state index is 0. The maximum absolute atomic E-state index is 11.3. The molecular formula is C48H96LiNO2. The van der Waals surface area contributed by atoms with Gasteiger partial charge in [0.05, 0.1) is 5.97 Å². The summed E-state index contributed by atoms with van der Waals surface area (Å²) in [7, 11) is 0. The van der Waals surface area contributed by atoms with E-state index in [4.69, 9.17) is 0 Å². The van der Waals surface area contributed by atoms with Gasteiger partial charge in [-0.2, -0.15) is 0 Å². The van der Waals surface area contributed by atoms with Crippen molar-refractivity contribution in [3.8, 4) is 0 Å². The SMILES string of the molecule is CCCCCCCCCCCCCCCCCCCCCCCN(CCCCCCCCCCCCCCCCCCCCCCC)CC(=O)[O-].[Li+]. The van der Waals surface area contributed by atoms with E-state index in [0.29, 0.717) is 0 Å². The van der Waals surface area contributed by atoms with Crippen LogP contribution in [-0.2, 0) is 4.79 Å². The van der Waals surface area contributed by atoms with Gasteiger partial charge in [-0.1, -0.05) is 271 Å². The summed E-state index contributed by atoms with van der Waals surface area (Å²) < 4.78 is 0. The number of unbranched alkanes of at least 4 members (excludes halogenated alkanes) is 40. The Morgan fingerprint density at radius 2 is 0.462 bits per heavy atom. The average Bonchev–Trinajstić information content (AvgIpc) is 3.12. The first-order valence-electron chi connectivity index (χ1n) is 24.1. The predicted octanol–water partition coefficient (Wildman–Crippen LogP) is 12.5. The van der Waals surface area contributed by atoms with E-state index < -0.39 is 5.97 Å². The second-order valence-electron chi connectivity index (χ2n) is 16.8. The van der Waals surface area contributed by atoms with E-state index in [-0.39, 0.29) is 25.4 Å². The molecule has 0 fully saturated rings. The monoisotopic (exact) mass is 726 g/mol. The Kier molecular flexibility index (Phi) is 51.1. The molecule has 0 radical (unpaired) electrons. The number of hydrogen-bond acceptors (Lipinski definition) is 3. The van der Waals surface area contributed by atoms with Crippen LogP contribution in [0.3, 0.4) is 0 Å². The molecule has 0 atom stereocenters. The fourth-order valence-electron chi connectivity index (χ4n) is 7.99. The van der Waals surface area contributed by atoms with Gasteiger partial charge in [0.25, 0.3) is 0 Å². The zero-order valence-corrected chi connectivity index (χ0v) is 36.6. The molecule has 0 aliphatic heterocycles. The largest absolute Gasteiger partial charge is 1.00 e. The maximum Gasteiger partial charge on any atom is 1.00 e. The summed E-state index contributed by atoms with van der Waals surface area (Å²) in [6.45, 7) is 6.55. The van der Waals surface area contributed by atoms with Crippen LogP contribution in [-0.4, -0.2) is 30.5 Å². The van der Waals surface area contributed by atoms with Gasteiger partial charge in [0.15, 0.2) is 0 Å². The molecule has 4 heteroatoms. The third-order valence-electron chi connectivity index (χ3n) is 11.5. The molecule has 0 saturated heterocycles. The molecule has 0 aliphatic rings. The molecule has 0 aliphatic carbocycles. The number of aliphatic carboxylic acids is 1. The molecule has 0 amide bonds.